The monoisotopic (exact) mass is 609 g/mol. The highest BCUT2D eigenvalue weighted by Crippen LogP contribution is 2.32. The van der Waals surface area contributed by atoms with Crippen molar-refractivity contribution in [3.05, 3.63) is 12.2 Å². The van der Waals surface area contributed by atoms with Crippen LogP contribution in [0, 0.1) is 0 Å². The van der Waals surface area contributed by atoms with Crippen molar-refractivity contribution >= 4 is 17.9 Å². The van der Waals surface area contributed by atoms with Gasteiger partial charge in [0.1, 0.15) is 6.04 Å². The van der Waals surface area contributed by atoms with Crippen LogP contribution in [0.2, 0.25) is 0 Å². The van der Waals surface area contributed by atoms with Gasteiger partial charge in [-0.15, -0.1) is 0 Å². The maximum atomic E-state index is 12.3. The predicted octanol–water partition coefficient (Wildman–Crippen LogP) is 8.44. The molecule has 0 fully saturated rings. The second kappa shape index (κ2) is 26.5. The molecule has 0 amide bonds. The standard InChI is InChI=1S/C36H67NO6/c1-5-9-10-11-12-13-14-15-16-17-18-19-20-21-22-23-24-25-26-27-28-29-30-37(31(6-2)34(38)39,32(7-3)35(40)41)33(8-4)36(42)43/h16-17,31-33H,5-15,18-30H2,1-4H3,(H2-,38,39,40,41,42,43)/b17-16+. The minimum Gasteiger partial charge on any atom is -0.544 e. The lowest BCUT2D eigenvalue weighted by Gasteiger charge is -2.51. The van der Waals surface area contributed by atoms with Gasteiger partial charge in [-0.3, -0.25) is 4.48 Å². The van der Waals surface area contributed by atoms with E-state index in [-0.39, 0.29) is 25.8 Å². The molecule has 0 aliphatic carbocycles. The number of carboxylic acids is 3. The van der Waals surface area contributed by atoms with Crippen molar-refractivity contribution in [2.75, 3.05) is 6.54 Å². The van der Waals surface area contributed by atoms with E-state index in [1.54, 1.807) is 20.8 Å². The lowest BCUT2D eigenvalue weighted by molar-refractivity contribution is -0.974. The number of quaternary nitrogens is 1. The minimum atomic E-state index is -1.36. The number of allylic oxidation sites excluding steroid dienone is 2. The van der Waals surface area contributed by atoms with Crippen LogP contribution in [0.25, 0.3) is 0 Å². The van der Waals surface area contributed by atoms with Gasteiger partial charge in [0.05, 0.1) is 12.5 Å². The van der Waals surface area contributed by atoms with Gasteiger partial charge in [-0.2, -0.15) is 0 Å². The maximum Gasteiger partial charge on any atom is 0.362 e. The van der Waals surface area contributed by atoms with E-state index in [0.717, 1.165) is 25.7 Å². The second-order valence-electron chi connectivity index (χ2n) is 12.5. The average Bonchev–Trinajstić information content (AvgIpc) is 2.96. The molecular weight excluding hydrogens is 542 g/mol. The first-order valence-corrected chi connectivity index (χ1v) is 17.9. The Hall–Kier alpha value is -1.89. The summed E-state index contributed by atoms with van der Waals surface area (Å²) in [6.45, 7) is 7.54. The molecule has 43 heavy (non-hydrogen) atoms. The van der Waals surface area contributed by atoms with Crippen molar-refractivity contribution in [1.82, 2.24) is 0 Å². The number of aliphatic carboxylic acids is 3. The van der Waals surface area contributed by atoms with Gasteiger partial charge in [-0.05, 0) is 38.5 Å². The molecule has 0 saturated heterocycles. The molecule has 0 radical (unpaired) electrons. The molecule has 0 rings (SSSR count). The van der Waals surface area contributed by atoms with Crippen LogP contribution in [0.4, 0.5) is 0 Å². The fraction of sp³-hybridized carbons (Fsp3) is 0.861. The lowest BCUT2D eigenvalue weighted by Crippen LogP contribution is -2.73. The Morgan fingerprint density at radius 2 is 0.860 bits per heavy atom. The van der Waals surface area contributed by atoms with Crippen LogP contribution in [-0.4, -0.2) is 57.3 Å². The maximum absolute atomic E-state index is 12.3. The number of carbonyl (C=O) groups excluding carboxylic acids is 1. The van der Waals surface area contributed by atoms with Crippen LogP contribution in [0.3, 0.4) is 0 Å². The highest BCUT2D eigenvalue weighted by molar-refractivity contribution is 5.77. The Balaban J connectivity index is 4.31. The fourth-order valence-corrected chi connectivity index (χ4v) is 6.96. The SMILES string of the molecule is CCCCCCCCC/C=C/CCCCCCCCCCCCC[N+](C(CC)C(=O)[O-])(C(CC)C(=O)O)C(CC)C(=O)O. The van der Waals surface area contributed by atoms with Crippen molar-refractivity contribution in [1.29, 1.82) is 0 Å². The predicted molar refractivity (Wildman–Crippen MR) is 175 cm³/mol. The van der Waals surface area contributed by atoms with E-state index >= 15 is 0 Å². The number of unbranched alkanes of at least 4 members (excludes halogenated alkanes) is 18. The van der Waals surface area contributed by atoms with Crippen LogP contribution < -0.4 is 5.11 Å². The van der Waals surface area contributed by atoms with Crippen LogP contribution in [0.1, 0.15) is 175 Å². The number of hydrogen-bond donors (Lipinski definition) is 2. The Morgan fingerprint density at radius 1 is 0.535 bits per heavy atom. The molecule has 0 aliphatic rings. The van der Waals surface area contributed by atoms with Gasteiger partial charge in [-0.25, -0.2) is 9.59 Å². The normalized spacial score (nSPS) is 15.3. The molecule has 0 bridgehead atoms. The van der Waals surface area contributed by atoms with Gasteiger partial charge in [0.2, 0.25) is 0 Å². The van der Waals surface area contributed by atoms with E-state index in [1.165, 1.54) is 96.3 Å². The molecule has 0 aromatic heterocycles. The third-order valence-electron chi connectivity index (χ3n) is 9.30. The van der Waals surface area contributed by atoms with Crippen molar-refractivity contribution in [3.8, 4) is 0 Å². The Morgan fingerprint density at radius 3 is 1.16 bits per heavy atom. The first-order valence-electron chi connectivity index (χ1n) is 17.9. The van der Waals surface area contributed by atoms with Crippen LogP contribution in [0.15, 0.2) is 12.2 Å². The van der Waals surface area contributed by atoms with E-state index in [2.05, 4.69) is 19.1 Å². The Kier molecular flexibility index (Phi) is 25.3. The quantitative estimate of drug-likeness (QED) is 0.0463. The summed E-state index contributed by atoms with van der Waals surface area (Å²) >= 11 is 0. The Bertz CT molecular complexity index is 697. The third kappa shape index (κ3) is 16.7. The number of rotatable bonds is 31. The molecule has 0 aliphatic heterocycles. The zero-order chi connectivity index (χ0) is 32.3. The molecule has 2 N–H and O–H groups in total. The van der Waals surface area contributed by atoms with Gasteiger partial charge >= 0.3 is 11.9 Å². The molecule has 3 unspecified atom stereocenters. The van der Waals surface area contributed by atoms with Crippen molar-refractivity contribution < 1.29 is 34.2 Å². The molecule has 252 valence electrons. The number of carbonyl (C=O) groups is 3. The van der Waals surface area contributed by atoms with Crippen molar-refractivity contribution in [2.45, 2.75) is 193 Å². The highest BCUT2D eigenvalue weighted by Gasteiger charge is 2.53. The van der Waals surface area contributed by atoms with Crippen LogP contribution in [-0.2, 0) is 14.4 Å². The largest absolute Gasteiger partial charge is 0.544 e. The van der Waals surface area contributed by atoms with Gasteiger partial charge in [0.25, 0.3) is 0 Å². The molecule has 0 saturated carbocycles. The van der Waals surface area contributed by atoms with Gasteiger partial charge in [-0.1, -0.05) is 130 Å². The second-order valence-corrected chi connectivity index (χ2v) is 12.5. The summed E-state index contributed by atoms with van der Waals surface area (Å²) in [5, 5.41) is 32.2. The first-order chi connectivity index (χ1) is 20.7. The molecular formula is C36H67NO6. The number of nitrogens with zero attached hydrogens (tertiary/aromatic N) is 1. The van der Waals surface area contributed by atoms with Gasteiger partial charge in [0.15, 0.2) is 12.1 Å². The molecule has 7 nitrogen and oxygen atoms in total. The summed E-state index contributed by atoms with van der Waals surface area (Å²) in [7, 11) is 0. The molecule has 3 atom stereocenters. The van der Waals surface area contributed by atoms with Gasteiger partial charge < -0.3 is 20.1 Å². The minimum absolute atomic E-state index is 0.131. The molecule has 0 heterocycles. The zero-order valence-corrected chi connectivity index (χ0v) is 28.3. The number of hydrogen-bond acceptors (Lipinski definition) is 4. The summed E-state index contributed by atoms with van der Waals surface area (Å²) in [6, 6.07) is -3.38. The van der Waals surface area contributed by atoms with Crippen molar-refractivity contribution in [2.24, 2.45) is 0 Å². The summed E-state index contributed by atoms with van der Waals surface area (Å²) in [4.78, 5) is 36.7. The average molecular weight is 610 g/mol. The zero-order valence-electron chi connectivity index (χ0n) is 28.3. The van der Waals surface area contributed by atoms with Crippen LogP contribution >= 0.6 is 0 Å². The fourth-order valence-electron chi connectivity index (χ4n) is 6.96. The summed E-state index contributed by atoms with van der Waals surface area (Å²) < 4.78 is -0.467. The van der Waals surface area contributed by atoms with E-state index in [9.17, 15) is 29.7 Å². The third-order valence-corrected chi connectivity index (χ3v) is 9.30. The smallest absolute Gasteiger partial charge is 0.362 e. The Labute approximate surface area is 264 Å². The topological polar surface area (TPSA) is 115 Å². The van der Waals surface area contributed by atoms with E-state index in [1.807, 2.05) is 0 Å². The molecule has 0 spiro atoms. The van der Waals surface area contributed by atoms with E-state index in [4.69, 9.17) is 0 Å². The van der Waals surface area contributed by atoms with E-state index < -0.39 is 40.5 Å². The first kappa shape index (κ1) is 41.1. The summed E-state index contributed by atoms with van der Waals surface area (Å²) in [5.41, 5.74) is 0. The summed E-state index contributed by atoms with van der Waals surface area (Å²) in [6.07, 6.45) is 29.6. The number of carboxylic acid groups (broad SMARTS) is 3. The molecule has 0 aromatic carbocycles. The van der Waals surface area contributed by atoms with Crippen LogP contribution in [0.5, 0.6) is 0 Å². The lowest BCUT2D eigenvalue weighted by atomic mass is 9.93. The highest BCUT2D eigenvalue weighted by atomic mass is 16.4. The molecule has 0 aromatic rings. The molecule has 7 heteroatoms. The van der Waals surface area contributed by atoms with Crippen molar-refractivity contribution in [3.63, 3.8) is 0 Å². The van der Waals surface area contributed by atoms with E-state index in [0.29, 0.717) is 6.42 Å². The van der Waals surface area contributed by atoms with Gasteiger partial charge in [0, 0.05) is 19.3 Å². The summed E-state index contributed by atoms with van der Waals surface area (Å²) in [5.74, 6) is -3.65.